The van der Waals surface area contributed by atoms with Crippen LogP contribution in [0.25, 0.3) is 16.8 Å². The average molecular weight is 446 g/mol. The number of nitrogens with zero attached hydrogens (tertiary/aromatic N) is 2. The Balaban J connectivity index is 1.38. The van der Waals surface area contributed by atoms with Gasteiger partial charge >= 0.3 is 0 Å². The van der Waals surface area contributed by atoms with Crippen LogP contribution in [-0.4, -0.2) is 34.1 Å². The number of allylic oxidation sites excluding steroid dienone is 2. The SMILES string of the molecule is O=C1S/C(=C\C=C\c2cccc([N+](=O)[O-])c2)C(=O)N1CCOc1cccc2ccccc12. The molecule has 4 rings (SSSR count). The fraction of sp³-hybridized carbons (Fsp3) is 0.0833. The van der Waals surface area contributed by atoms with Crippen LogP contribution in [-0.2, 0) is 4.79 Å². The summed E-state index contributed by atoms with van der Waals surface area (Å²) in [5, 5.41) is 12.5. The first-order valence-corrected chi connectivity index (χ1v) is 10.6. The van der Waals surface area contributed by atoms with E-state index in [2.05, 4.69) is 0 Å². The molecule has 3 aromatic rings. The third-order valence-corrected chi connectivity index (χ3v) is 5.74. The lowest BCUT2D eigenvalue weighted by molar-refractivity contribution is -0.384. The van der Waals surface area contributed by atoms with E-state index in [-0.39, 0.29) is 30.0 Å². The van der Waals surface area contributed by atoms with Gasteiger partial charge in [-0.3, -0.25) is 24.6 Å². The van der Waals surface area contributed by atoms with Crippen molar-refractivity contribution in [2.75, 3.05) is 13.2 Å². The van der Waals surface area contributed by atoms with E-state index in [9.17, 15) is 19.7 Å². The first kappa shape index (κ1) is 21.3. The second-order valence-electron chi connectivity index (χ2n) is 6.89. The van der Waals surface area contributed by atoms with Gasteiger partial charge in [-0.25, -0.2) is 0 Å². The Morgan fingerprint density at radius 1 is 1.03 bits per heavy atom. The van der Waals surface area contributed by atoms with Crippen LogP contribution in [0.1, 0.15) is 5.56 Å². The van der Waals surface area contributed by atoms with Crippen molar-refractivity contribution in [1.82, 2.24) is 4.90 Å². The van der Waals surface area contributed by atoms with Crippen molar-refractivity contribution in [2.24, 2.45) is 0 Å². The maximum Gasteiger partial charge on any atom is 0.293 e. The van der Waals surface area contributed by atoms with E-state index in [1.807, 2.05) is 42.5 Å². The number of non-ortho nitro benzene ring substituents is 1. The number of rotatable bonds is 7. The zero-order valence-electron chi connectivity index (χ0n) is 16.8. The van der Waals surface area contributed by atoms with Crippen LogP contribution in [0.2, 0.25) is 0 Å². The lowest BCUT2D eigenvalue weighted by Crippen LogP contribution is -2.32. The number of hydrogen-bond donors (Lipinski definition) is 0. The zero-order valence-corrected chi connectivity index (χ0v) is 17.7. The molecule has 0 atom stereocenters. The number of nitro groups is 1. The van der Waals surface area contributed by atoms with Crippen molar-refractivity contribution in [3.8, 4) is 5.75 Å². The summed E-state index contributed by atoms with van der Waals surface area (Å²) in [5.41, 5.74) is 0.608. The second-order valence-corrected chi connectivity index (χ2v) is 7.89. The predicted molar refractivity (Wildman–Crippen MR) is 124 cm³/mol. The molecule has 0 aromatic heterocycles. The van der Waals surface area contributed by atoms with Gasteiger partial charge < -0.3 is 4.74 Å². The summed E-state index contributed by atoms with van der Waals surface area (Å²) in [7, 11) is 0. The highest BCUT2D eigenvalue weighted by molar-refractivity contribution is 8.18. The molecule has 1 fully saturated rings. The van der Waals surface area contributed by atoms with Crippen LogP contribution in [0.5, 0.6) is 5.75 Å². The molecular weight excluding hydrogens is 428 g/mol. The van der Waals surface area contributed by atoms with E-state index in [0.29, 0.717) is 16.2 Å². The molecule has 0 unspecified atom stereocenters. The number of fused-ring (bicyclic) bond motifs is 1. The second kappa shape index (κ2) is 9.49. The molecule has 2 amide bonds. The fourth-order valence-corrected chi connectivity index (χ4v) is 4.08. The van der Waals surface area contributed by atoms with E-state index >= 15 is 0 Å². The number of carbonyl (C=O) groups is 2. The summed E-state index contributed by atoms with van der Waals surface area (Å²) >= 11 is 0.857. The zero-order chi connectivity index (χ0) is 22.5. The minimum atomic E-state index is -0.469. The van der Waals surface area contributed by atoms with E-state index in [1.54, 1.807) is 24.3 Å². The molecule has 0 spiro atoms. The number of hydrogen-bond acceptors (Lipinski definition) is 6. The molecule has 0 aliphatic carbocycles. The van der Waals surface area contributed by atoms with Crippen LogP contribution in [0.3, 0.4) is 0 Å². The number of thioether (sulfide) groups is 1. The minimum Gasteiger partial charge on any atom is -0.491 e. The van der Waals surface area contributed by atoms with Crippen LogP contribution in [0, 0.1) is 10.1 Å². The Bertz CT molecular complexity index is 1260. The number of carbonyl (C=O) groups excluding carboxylic acids is 2. The number of amides is 2. The van der Waals surface area contributed by atoms with Crippen LogP contribution in [0.4, 0.5) is 10.5 Å². The topological polar surface area (TPSA) is 89.8 Å². The van der Waals surface area contributed by atoms with Crippen molar-refractivity contribution in [2.45, 2.75) is 0 Å². The number of benzene rings is 3. The largest absolute Gasteiger partial charge is 0.491 e. The van der Waals surface area contributed by atoms with Crippen molar-refractivity contribution in [1.29, 1.82) is 0 Å². The molecule has 160 valence electrons. The summed E-state index contributed by atoms with van der Waals surface area (Å²) in [4.78, 5) is 36.7. The van der Waals surface area contributed by atoms with Gasteiger partial charge in [-0.2, -0.15) is 0 Å². The van der Waals surface area contributed by atoms with Gasteiger partial charge in [0.15, 0.2) is 0 Å². The Kier molecular flexibility index (Phi) is 6.32. The Hall–Kier alpha value is -3.91. The molecular formula is C24H18N2O5S. The smallest absolute Gasteiger partial charge is 0.293 e. The van der Waals surface area contributed by atoms with Gasteiger partial charge in [0, 0.05) is 17.5 Å². The molecule has 3 aromatic carbocycles. The normalized spacial score (nSPS) is 15.2. The monoisotopic (exact) mass is 446 g/mol. The third-order valence-electron chi connectivity index (χ3n) is 4.81. The Morgan fingerprint density at radius 2 is 1.81 bits per heavy atom. The van der Waals surface area contributed by atoms with Gasteiger partial charge in [0.05, 0.1) is 16.4 Å². The van der Waals surface area contributed by atoms with E-state index in [1.165, 1.54) is 18.2 Å². The average Bonchev–Trinajstić information content (AvgIpc) is 3.07. The molecule has 0 bridgehead atoms. The minimum absolute atomic E-state index is 0.0151. The first-order chi connectivity index (χ1) is 15.5. The molecule has 0 N–H and O–H groups in total. The van der Waals surface area contributed by atoms with Crippen molar-refractivity contribution >= 4 is 45.4 Å². The van der Waals surface area contributed by atoms with Gasteiger partial charge in [-0.05, 0) is 34.9 Å². The van der Waals surface area contributed by atoms with Crippen molar-refractivity contribution < 1.29 is 19.2 Å². The molecule has 8 heteroatoms. The van der Waals surface area contributed by atoms with Crippen LogP contribution >= 0.6 is 11.8 Å². The molecule has 0 radical (unpaired) electrons. The molecule has 7 nitrogen and oxygen atoms in total. The van der Waals surface area contributed by atoms with Crippen molar-refractivity contribution in [3.05, 3.63) is 99.5 Å². The summed E-state index contributed by atoms with van der Waals surface area (Å²) < 4.78 is 5.84. The summed E-state index contributed by atoms with van der Waals surface area (Å²) in [6.45, 7) is 0.322. The van der Waals surface area contributed by atoms with E-state index < -0.39 is 4.92 Å². The Labute approximate surface area is 188 Å². The van der Waals surface area contributed by atoms with E-state index in [4.69, 9.17) is 4.74 Å². The van der Waals surface area contributed by atoms with Gasteiger partial charge in [-0.1, -0.05) is 60.7 Å². The number of ether oxygens (including phenoxy) is 1. The van der Waals surface area contributed by atoms with E-state index in [0.717, 1.165) is 27.4 Å². The first-order valence-electron chi connectivity index (χ1n) is 9.80. The quantitative estimate of drug-likeness (QED) is 0.273. The Morgan fingerprint density at radius 3 is 2.66 bits per heavy atom. The fourth-order valence-electron chi connectivity index (χ4n) is 3.26. The molecule has 1 aliphatic heterocycles. The van der Waals surface area contributed by atoms with Crippen LogP contribution < -0.4 is 4.74 Å². The standard InChI is InChI=1S/C24H18N2O5S/c27-23-22(13-4-7-17-6-3-10-19(16-17)26(29)30)32-24(28)25(23)14-15-31-21-12-5-9-18-8-1-2-11-20(18)21/h1-13,16H,14-15H2/b7-4+,22-13-. The van der Waals surface area contributed by atoms with Gasteiger partial charge in [0.2, 0.25) is 0 Å². The highest BCUT2D eigenvalue weighted by atomic mass is 32.2. The molecule has 32 heavy (non-hydrogen) atoms. The molecule has 1 saturated heterocycles. The predicted octanol–water partition coefficient (Wildman–Crippen LogP) is 5.42. The molecule has 1 heterocycles. The maximum absolute atomic E-state index is 12.6. The lowest BCUT2D eigenvalue weighted by atomic mass is 10.1. The maximum atomic E-state index is 12.6. The molecule has 1 aliphatic rings. The summed E-state index contributed by atoms with van der Waals surface area (Å²) in [5.74, 6) is 0.315. The van der Waals surface area contributed by atoms with Crippen LogP contribution in [0.15, 0.2) is 83.8 Å². The summed E-state index contributed by atoms with van der Waals surface area (Å²) in [6, 6.07) is 19.7. The van der Waals surface area contributed by atoms with Crippen molar-refractivity contribution in [3.63, 3.8) is 0 Å². The number of nitro benzene ring substituents is 1. The number of imide groups is 1. The van der Waals surface area contributed by atoms with Gasteiger partial charge in [0.1, 0.15) is 12.4 Å². The molecule has 0 saturated carbocycles. The van der Waals surface area contributed by atoms with Gasteiger partial charge in [0.25, 0.3) is 16.8 Å². The van der Waals surface area contributed by atoms with Gasteiger partial charge in [-0.15, -0.1) is 0 Å². The highest BCUT2D eigenvalue weighted by Gasteiger charge is 2.34. The summed E-state index contributed by atoms with van der Waals surface area (Å²) in [6.07, 6.45) is 4.78. The third kappa shape index (κ3) is 4.70. The lowest BCUT2D eigenvalue weighted by Gasteiger charge is -2.14. The highest BCUT2D eigenvalue weighted by Crippen LogP contribution is 2.31.